The highest BCUT2D eigenvalue weighted by Crippen LogP contribution is 2.53. The fourth-order valence-electron chi connectivity index (χ4n) is 7.42. The second kappa shape index (κ2) is 10.4. The van der Waals surface area contributed by atoms with Gasteiger partial charge in [0.2, 0.25) is 5.91 Å². The molecule has 5 heteroatoms. The Bertz CT molecular complexity index is 1270. The fraction of sp³-hybridized carbons (Fsp3) is 0.441. The Morgan fingerprint density at radius 2 is 1.62 bits per heavy atom. The van der Waals surface area contributed by atoms with Gasteiger partial charge in [-0.25, -0.2) is 0 Å². The molecule has 5 nitrogen and oxygen atoms in total. The Hall–Kier alpha value is -3.15. The maximum atomic E-state index is 14.2. The van der Waals surface area contributed by atoms with Crippen LogP contribution in [0.1, 0.15) is 43.9 Å². The van der Waals surface area contributed by atoms with Gasteiger partial charge < -0.3 is 15.4 Å². The van der Waals surface area contributed by atoms with Crippen LogP contribution in [0.25, 0.3) is 0 Å². The Morgan fingerprint density at radius 3 is 2.28 bits per heavy atom. The first-order valence-electron chi connectivity index (χ1n) is 14.4. The number of ether oxygens (including phenoxy) is 1. The minimum absolute atomic E-state index is 0.150. The minimum Gasteiger partial charge on any atom is -0.488 e. The Labute approximate surface area is 233 Å². The zero-order valence-electron chi connectivity index (χ0n) is 23.4. The number of carbonyl (C=O) groups excluding carboxylic acids is 1. The van der Waals surface area contributed by atoms with Crippen molar-refractivity contribution >= 4 is 5.91 Å². The summed E-state index contributed by atoms with van der Waals surface area (Å²) in [6.07, 6.45) is 2.11. The standard InChI is InChI=1S/C34H41N3O2/c1-33(2,3)39-29-16-14-26(15-17-29)22-37-23-28-19-27-21-36-34(28,32(38)35-20-25-12-8-5-9-13-25)31(37)30(27)18-24-10-6-4-7-11-24/h4-17,27-28,30-31,36H,18-23H2,1-3H3,(H,35,38). The van der Waals surface area contributed by atoms with Crippen molar-refractivity contribution in [1.29, 1.82) is 0 Å². The molecule has 5 atom stereocenters. The molecule has 2 N–H and O–H groups in total. The predicted octanol–water partition coefficient (Wildman–Crippen LogP) is 5.20. The lowest BCUT2D eigenvalue weighted by atomic mass is 9.58. The molecule has 3 saturated heterocycles. The summed E-state index contributed by atoms with van der Waals surface area (Å²) in [7, 11) is 0. The number of nitrogens with one attached hydrogen (secondary N) is 2. The van der Waals surface area contributed by atoms with Crippen LogP contribution in [0.2, 0.25) is 0 Å². The average Bonchev–Trinajstić information content (AvgIpc) is 3.19. The summed E-state index contributed by atoms with van der Waals surface area (Å²) < 4.78 is 6.05. The van der Waals surface area contributed by atoms with Crippen LogP contribution >= 0.6 is 0 Å². The number of benzene rings is 3. The van der Waals surface area contributed by atoms with Crippen LogP contribution in [0.3, 0.4) is 0 Å². The van der Waals surface area contributed by atoms with Crippen molar-refractivity contribution < 1.29 is 9.53 Å². The zero-order chi connectivity index (χ0) is 27.0. The highest BCUT2D eigenvalue weighted by atomic mass is 16.5. The monoisotopic (exact) mass is 523 g/mol. The van der Waals surface area contributed by atoms with Crippen LogP contribution in [0.5, 0.6) is 5.75 Å². The molecule has 7 rings (SSSR count). The molecule has 1 aliphatic carbocycles. The summed E-state index contributed by atoms with van der Waals surface area (Å²) in [4.78, 5) is 16.8. The van der Waals surface area contributed by atoms with Gasteiger partial charge in [-0.2, -0.15) is 0 Å². The minimum atomic E-state index is -0.557. The number of rotatable bonds is 8. The van der Waals surface area contributed by atoms with E-state index in [2.05, 4.69) is 103 Å². The van der Waals surface area contributed by atoms with Gasteiger partial charge in [0.15, 0.2) is 0 Å². The van der Waals surface area contributed by atoms with Gasteiger partial charge in [-0.05, 0) is 80.8 Å². The van der Waals surface area contributed by atoms with Crippen molar-refractivity contribution in [2.24, 2.45) is 17.8 Å². The molecule has 204 valence electrons. The summed E-state index contributed by atoms with van der Waals surface area (Å²) in [5.41, 5.74) is 2.98. The van der Waals surface area contributed by atoms with Gasteiger partial charge in [-0.3, -0.25) is 9.69 Å². The van der Waals surface area contributed by atoms with Crippen LogP contribution < -0.4 is 15.4 Å². The van der Waals surface area contributed by atoms with Gasteiger partial charge in [0, 0.05) is 31.6 Å². The van der Waals surface area contributed by atoms with Crippen molar-refractivity contribution in [3.05, 3.63) is 102 Å². The summed E-state index contributed by atoms with van der Waals surface area (Å²) in [5, 5.41) is 7.16. The average molecular weight is 524 g/mol. The third-order valence-electron chi connectivity index (χ3n) is 8.93. The van der Waals surface area contributed by atoms with Crippen LogP contribution in [0.4, 0.5) is 0 Å². The Morgan fingerprint density at radius 1 is 0.949 bits per heavy atom. The summed E-state index contributed by atoms with van der Waals surface area (Å²) in [6.45, 7) is 9.47. The molecule has 0 aromatic heterocycles. The van der Waals surface area contributed by atoms with Gasteiger partial charge in [0.05, 0.1) is 0 Å². The van der Waals surface area contributed by atoms with Crippen molar-refractivity contribution in [3.63, 3.8) is 0 Å². The van der Waals surface area contributed by atoms with E-state index in [0.29, 0.717) is 24.3 Å². The van der Waals surface area contributed by atoms with Crippen molar-refractivity contribution in [3.8, 4) is 5.75 Å². The Balaban J connectivity index is 1.28. The molecule has 0 radical (unpaired) electrons. The molecule has 1 amide bonds. The molecule has 3 aromatic carbocycles. The molecule has 1 saturated carbocycles. The van der Waals surface area contributed by atoms with Crippen LogP contribution in [0, 0.1) is 17.8 Å². The van der Waals surface area contributed by atoms with E-state index >= 15 is 0 Å². The lowest BCUT2D eigenvalue weighted by Crippen LogP contribution is -2.76. The molecule has 4 fully saturated rings. The number of hydrogen-bond donors (Lipinski definition) is 2. The highest BCUT2D eigenvalue weighted by molar-refractivity contribution is 5.89. The van der Waals surface area contributed by atoms with E-state index in [1.807, 2.05) is 18.2 Å². The summed E-state index contributed by atoms with van der Waals surface area (Å²) in [6, 6.07) is 29.7. The third kappa shape index (κ3) is 5.22. The van der Waals surface area contributed by atoms with Gasteiger partial charge >= 0.3 is 0 Å². The first-order chi connectivity index (χ1) is 18.8. The molecule has 0 spiro atoms. The number of piperidine rings is 2. The zero-order valence-corrected chi connectivity index (χ0v) is 23.4. The topological polar surface area (TPSA) is 53.6 Å². The molecular weight excluding hydrogens is 482 g/mol. The SMILES string of the molecule is CC(C)(C)Oc1ccc(CN2CC3CC4CNC3(C(=O)NCc3ccccc3)C2C4Cc2ccccc2)cc1. The molecule has 4 bridgehead atoms. The fourth-order valence-corrected chi connectivity index (χ4v) is 7.42. The predicted molar refractivity (Wildman–Crippen MR) is 155 cm³/mol. The number of likely N-dealkylation sites (tertiary alicyclic amines) is 1. The number of hydrogen-bond acceptors (Lipinski definition) is 4. The molecular formula is C34H41N3O2. The van der Waals surface area contributed by atoms with Crippen LogP contribution in [-0.4, -0.2) is 41.1 Å². The second-order valence-electron chi connectivity index (χ2n) is 12.7. The largest absolute Gasteiger partial charge is 0.488 e. The maximum Gasteiger partial charge on any atom is 0.242 e. The molecule has 39 heavy (non-hydrogen) atoms. The smallest absolute Gasteiger partial charge is 0.242 e. The van der Waals surface area contributed by atoms with Gasteiger partial charge in [-0.1, -0.05) is 72.8 Å². The number of amides is 1. The molecule has 3 aliphatic heterocycles. The van der Waals surface area contributed by atoms with Gasteiger partial charge in [0.1, 0.15) is 16.9 Å². The molecule has 4 aliphatic rings. The number of fused-ring (bicyclic) bond motifs is 1. The highest BCUT2D eigenvalue weighted by Gasteiger charge is 2.67. The van der Waals surface area contributed by atoms with E-state index in [1.54, 1.807) is 0 Å². The van der Waals surface area contributed by atoms with E-state index in [0.717, 1.165) is 43.8 Å². The molecule has 3 aromatic rings. The Kier molecular flexibility index (Phi) is 6.98. The van der Waals surface area contributed by atoms with Crippen molar-refractivity contribution in [2.45, 2.75) is 63.9 Å². The van der Waals surface area contributed by atoms with Crippen LogP contribution in [0.15, 0.2) is 84.9 Å². The lowest BCUT2D eigenvalue weighted by Gasteiger charge is -2.56. The number of carbonyl (C=O) groups is 1. The summed E-state index contributed by atoms with van der Waals surface area (Å²) in [5.74, 6) is 2.38. The first-order valence-corrected chi connectivity index (χ1v) is 14.4. The van der Waals surface area contributed by atoms with Crippen LogP contribution in [-0.2, 0) is 24.3 Å². The van der Waals surface area contributed by atoms with E-state index in [9.17, 15) is 4.79 Å². The van der Waals surface area contributed by atoms with E-state index in [1.165, 1.54) is 11.1 Å². The third-order valence-corrected chi connectivity index (χ3v) is 8.93. The van der Waals surface area contributed by atoms with E-state index < -0.39 is 5.54 Å². The second-order valence-corrected chi connectivity index (χ2v) is 12.7. The molecule has 3 heterocycles. The van der Waals surface area contributed by atoms with Crippen molar-refractivity contribution in [1.82, 2.24) is 15.5 Å². The van der Waals surface area contributed by atoms with Crippen molar-refractivity contribution in [2.75, 3.05) is 13.1 Å². The molecule has 5 unspecified atom stereocenters. The lowest BCUT2D eigenvalue weighted by molar-refractivity contribution is -0.138. The summed E-state index contributed by atoms with van der Waals surface area (Å²) >= 11 is 0. The first kappa shape index (κ1) is 26.1. The normalized spacial score (nSPS) is 27.9. The quantitative estimate of drug-likeness (QED) is 0.426. The maximum absolute atomic E-state index is 14.2. The van der Waals surface area contributed by atoms with E-state index in [4.69, 9.17) is 4.74 Å². The number of nitrogens with zero attached hydrogens (tertiary/aromatic N) is 1. The van der Waals surface area contributed by atoms with Gasteiger partial charge in [0.25, 0.3) is 0 Å². The van der Waals surface area contributed by atoms with Gasteiger partial charge in [-0.15, -0.1) is 0 Å². The van der Waals surface area contributed by atoms with E-state index in [-0.39, 0.29) is 17.6 Å².